The third kappa shape index (κ3) is 2.69. The van der Waals surface area contributed by atoms with Crippen LogP contribution in [0.2, 0.25) is 0 Å². The second kappa shape index (κ2) is 5.79. The minimum Gasteiger partial charge on any atom is -0.237 e. The molecular formula is C16H11F3N2O2S. The molecule has 124 valence electrons. The molecule has 0 saturated heterocycles. The quantitative estimate of drug-likeness (QED) is 0.709. The maximum atomic E-state index is 13.2. The van der Waals surface area contributed by atoms with Crippen molar-refractivity contribution in [3.63, 3.8) is 0 Å². The van der Waals surface area contributed by atoms with E-state index in [1.807, 2.05) is 0 Å². The molecule has 0 unspecified atom stereocenters. The molecule has 0 spiro atoms. The van der Waals surface area contributed by atoms with Crippen LogP contribution in [-0.2, 0) is 10.0 Å². The lowest BCUT2D eigenvalue weighted by atomic mass is 10.1. The molecule has 0 amide bonds. The van der Waals surface area contributed by atoms with Gasteiger partial charge in [-0.2, -0.15) is 21.6 Å². The zero-order valence-electron chi connectivity index (χ0n) is 12.1. The smallest absolute Gasteiger partial charge is 0.237 e. The van der Waals surface area contributed by atoms with Crippen LogP contribution in [0.25, 0.3) is 10.8 Å². The lowest BCUT2D eigenvalue weighted by Gasteiger charge is -2.25. The number of halogens is 3. The Hall–Kier alpha value is -2.61. The van der Waals surface area contributed by atoms with Gasteiger partial charge >= 0.3 is 15.5 Å². The molecule has 3 rings (SSSR count). The third-order valence-electron chi connectivity index (χ3n) is 3.37. The summed E-state index contributed by atoms with van der Waals surface area (Å²) in [6.45, 7) is 0. The fraction of sp³-hybridized carbons (Fsp3) is 0.0625. The molecule has 8 heteroatoms. The number of hydrogen-bond donors (Lipinski definition) is 0. The molecule has 0 aliphatic heterocycles. The lowest BCUT2D eigenvalue weighted by molar-refractivity contribution is -0.0435. The van der Waals surface area contributed by atoms with Crippen molar-refractivity contribution in [1.82, 2.24) is 4.98 Å². The van der Waals surface area contributed by atoms with Crippen LogP contribution in [0.5, 0.6) is 0 Å². The molecule has 1 heterocycles. The van der Waals surface area contributed by atoms with Gasteiger partial charge in [0.05, 0.1) is 5.69 Å². The molecule has 0 fully saturated rings. The van der Waals surface area contributed by atoms with E-state index in [1.165, 1.54) is 36.5 Å². The van der Waals surface area contributed by atoms with Gasteiger partial charge in [0.25, 0.3) is 0 Å². The number of nitrogens with zero attached hydrogens (tertiary/aromatic N) is 2. The van der Waals surface area contributed by atoms with E-state index in [0.29, 0.717) is 10.8 Å². The van der Waals surface area contributed by atoms with E-state index in [2.05, 4.69) is 4.98 Å². The van der Waals surface area contributed by atoms with Crippen molar-refractivity contribution in [2.75, 3.05) is 4.31 Å². The van der Waals surface area contributed by atoms with Gasteiger partial charge in [-0.05, 0) is 23.6 Å². The summed E-state index contributed by atoms with van der Waals surface area (Å²) in [5.74, 6) is -0.295. The topological polar surface area (TPSA) is 50.3 Å². The van der Waals surface area contributed by atoms with Crippen LogP contribution >= 0.6 is 0 Å². The number of pyridine rings is 1. The SMILES string of the molecule is O=S(=O)(N(c1ccccc1)c1nccc2ccccc12)C(F)(F)F. The Balaban J connectivity index is 2.34. The first kappa shape index (κ1) is 16.3. The number of aromatic nitrogens is 1. The van der Waals surface area contributed by atoms with Crippen molar-refractivity contribution in [2.24, 2.45) is 0 Å². The third-order valence-corrected chi connectivity index (χ3v) is 4.82. The fourth-order valence-electron chi connectivity index (χ4n) is 2.31. The second-order valence-electron chi connectivity index (χ2n) is 4.91. The maximum Gasteiger partial charge on any atom is 0.517 e. The number of rotatable bonds is 3. The number of anilines is 2. The summed E-state index contributed by atoms with van der Waals surface area (Å²) in [5.41, 5.74) is -5.60. The number of sulfonamides is 1. The Morgan fingerprint density at radius 3 is 2.17 bits per heavy atom. The molecule has 0 N–H and O–H groups in total. The van der Waals surface area contributed by atoms with E-state index in [9.17, 15) is 21.6 Å². The zero-order chi connectivity index (χ0) is 17.4. The van der Waals surface area contributed by atoms with Gasteiger partial charge in [0.2, 0.25) is 0 Å². The molecule has 0 radical (unpaired) electrons. The van der Waals surface area contributed by atoms with Crippen LogP contribution in [0.3, 0.4) is 0 Å². The molecule has 1 aromatic heterocycles. The van der Waals surface area contributed by atoms with Crippen molar-refractivity contribution in [2.45, 2.75) is 5.51 Å². The summed E-state index contributed by atoms with van der Waals surface area (Å²) in [6, 6.07) is 15.2. The van der Waals surface area contributed by atoms with Crippen molar-refractivity contribution in [3.8, 4) is 0 Å². The molecule has 24 heavy (non-hydrogen) atoms. The van der Waals surface area contributed by atoms with Crippen LogP contribution in [0.4, 0.5) is 24.7 Å². The zero-order valence-corrected chi connectivity index (χ0v) is 12.9. The minimum absolute atomic E-state index is 0.140. The maximum absolute atomic E-state index is 13.2. The summed E-state index contributed by atoms with van der Waals surface area (Å²) in [4.78, 5) is 3.91. The molecule has 0 aliphatic rings. The minimum atomic E-state index is -5.67. The summed E-state index contributed by atoms with van der Waals surface area (Å²) >= 11 is 0. The predicted octanol–water partition coefficient (Wildman–Crippen LogP) is 4.22. The van der Waals surface area contributed by atoms with Gasteiger partial charge in [-0.25, -0.2) is 9.29 Å². The highest BCUT2D eigenvalue weighted by Gasteiger charge is 2.51. The first-order valence-corrected chi connectivity index (χ1v) is 8.27. The average Bonchev–Trinajstić information content (AvgIpc) is 2.55. The monoisotopic (exact) mass is 352 g/mol. The number of fused-ring (bicyclic) bond motifs is 1. The van der Waals surface area contributed by atoms with E-state index in [4.69, 9.17) is 0 Å². The second-order valence-corrected chi connectivity index (χ2v) is 6.68. The molecule has 0 bridgehead atoms. The van der Waals surface area contributed by atoms with Crippen molar-refractivity contribution >= 4 is 32.3 Å². The van der Waals surface area contributed by atoms with E-state index < -0.39 is 15.5 Å². The lowest BCUT2D eigenvalue weighted by Crippen LogP contribution is -2.38. The van der Waals surface area contributed by atoms with Crippen LogP contribution in [-0.4, -0.2) is 18.9 Å². The Morgan fingerprint density at radius 2 is 1.50 bits per heavy atom. The average molecular weight is 352 g/mol. The highest BCUT2D eigenvalue weighted by molar-refractivity contribution is 7.94. The van der Waals surface area contributed by atoms with E-state index >= 15 is 0 Å². The summed E-state index contributed by atoms with van der Waals surface area (Å²) < 4.78 is 64.1. The molecule has 4 nitrogen and oxygen atoms in total. The first-order valence-electron chi connectivity index (χ1n) is 6.83. The van der Waals surface area contributed by atoms with Crippen molar-refractivity contribution in [1.29, 1.82) is 0 Å². The fourth-order valence-corrected chi connectivity index (χ4v) is 3.29. The van der Waals surface area contributed by atoms with Crippen LogP contribution in [0.15, 0.2) is 66.9 Å². The molecule has 0 aliphatic carbocycles. The van der Waals surface area contributed by atoms with Crippen molar-refractivity contribution < 1.29 is 21.6 Å². The van der Waals surface area contributed by atoms with Gasteiger partial charge in [-0.1, -0.05) is 42.5 Å². The van der Waals surface area contributed by atoms with Crippen LogP contribution < -0.4 is 4.31 Å². The normalized spacial score (nSPS) is 12.3. The van der Waals surface area contributed by atoms with E-state index in [-0.39, 0.29) is 15.8 Å². The van der Waals surface area contributed by atoms with Gasteiger partial charge in [0.15, 0.2) is 5.82 Å². The summed E-state index contributed by atoms with van der Waals surface area (Å²) in [7, 11) is -5.67. The Labute approximate surface area is 136 Å². The summed E-state index contributed by atoms with van der Waals surface area (Å²) in [5, 5.41) is 0.887. The van der Waals surface area contributed by atoms with E-state index in [1.54, 1.807) is 30.3 Å². The van der Waals surface area contributed by atoms with Gasteiger partial charge < -0.3 is 0 Å². The Kier molecular flexibility index (Phi) is 3.92. The largest absolute Gasteiger partial charge is 0.517 e. The van der Waals surface area contributed by atoms with Crippen LogP contribution in [0.1, 0.15) is 0 Å². The molecule has 2 aromatic carbocycles. The van der Waals surface area contributed by atoms with Gasteiger partial charge in [0, 0.05) is 11.6 Å². The van der Waals surface area contributed by atoms with Gasteiger partial charge in [-0.15, -0.1) is 0 Å². The van der Waals surface area contributed by atoms with Crippen LogP contribution in [0, 0.1) is 0 Å². The highest BCUT2D eigenvalue weighted by Crippen LogP contribution is 2.38. The molecule has 0 atom stereocenters. The molecular weight excluding hydrogens is 341 g/mol. The first-order chi connectivity index (χ1) is 11.3. The number of hydrogen-bond acceptors (Lipinski definition) is 3. The van der Waals surface area contributed by atoms with Gasteiger partial charge in [0.1, 0.15) is 0 Å². The molecule has 3 aromatic rings. The number of alkyl halides is 3. The number of benzene rings is 2. The standard InChI is InChI=1S/C16H11F3N2O2S/c17-16(18,19)24(22,23)21(13-7-2-1-3-8-13)15-14-9-5-4-6-12(14)10-11-20-15/h1-11H. The van der Waals surface area contributed by atoms with Crippen molar-refractivity contribution in [3.05, 3.63) is 66.9 Å². The highest BCUT2D eigenvalue weighted by atomic mass is 32.2. The van der Waals surface area contributed by atoms with Gasteiger partial charge in [-0.3, -0.25) is 0 Å². The molecule has 0 saturated carbocycles. The van der Waals surface area contributed by atoms with E-state index in [0.717, 1.165) is 0 Å². The Bertz CT molecular complexity index is 968. The Morgan fingerprint density at radius 1 is 0.875 bits per heavy atom. The predicted molar refractivity (Wildman–Crippen MR) is 85.3 cm³/mol. The number of para-hydroxylation sites is 1. The summed E-state index contributed by atoms with van der Waals surface area (Å²) in [6.07, 6.45) is 1.28.